The highest BCUT2D eigenvalue weighted by atomic mass is 16.7. The number of ether oxygens (including phenoxy) is 3. The topological polar surface area (TPSA) is 65.0 Å². The summed E-state index contributed by atoms with van der Waals surface area (Å²) in [5.41, 5.74) is 0.714. The lowest BCUT2D eigenvalue weighted by molar-refractivity contribution is -0.158. The summed E-state index contributed by atoms with van der Waals surface area (Å²) in [6.07, 6.45) is 4.80. The number of esters is 1. The van der Waals surface area contributed by atoms with Crippen LogP contribution in [0.15, 0.2) is 54.6 Å². The van der Waals surface area contributed by atoms with Crippen LogP contribution in [0.25, 0.3) is 6.08 Å². The minimum atomic E-state index is -0.635. The molecule has 2 aromatic rings. The Morgan fingerprint density at radius 3 is 2.65 bits per heavy atom. The zero-order valence-corrected chi connectivity index (χ0v) is 15.1. The Balaban J connectivity index is 1.99. The van der Waals surface area contributed by atoms with Gasteiger partial charge in [0.05, 0.1) is 7.11 Å². The molecule has 26 heavy (non-hydrogen) atoms. The molecule has 0 spiro atoms. The maximum absolute atomic E-state index is 12.1. The fourth-order valence-corrected chi connectivity index (χ4v) is 2.29. The summed E-state index contributed by atoms with van der Waals surface area (Å²) in [4.78, 5) is 12.1. The number of hydrogen-bond acceptors (Lipinski definition) is 5. The smallest absolute Gasteiger partial charge is 0.333 e. The average molecular weight is 356 g/mol. The first-order valence-corrected chi connectivity index (χ1v) is 8.59. The number of benzene rings is 2. The summed E-state index contributed by atoms with van der Waals surface area (Å²) in [6, 6.07) is 14.1. The molecule has 0 bridgehead atoms. The van der Waals surface area contributed by atoms with Gasteiger partial charge in [0.2, 0.25) is 6.29 Å². The molecule has 138 valence electrons. The molecule has 0 fully saturated rings. The van der Waals surface area contributed by atoms with E-state index in [1.165, 1.54) is 19.3 Å². The summed E-state index contributed by atoms with van der Waals surface area (Å²) < 4.78 is 16.2. The summed E-state index contributed by atoms with van der Waals surface area (Å²) in [5.74, 6) is 0.555. The number of para-hydroxylation sites is 1. The van der Waals surface area contributed by atoms with E-state index in [0.717, 1.165) is 12.8 Å². The molecule has 1 atom stereocenters. The molecule has 2 rings (SSSR count). The number of methoxy groups -OCH3 is 1. The van der Waals surface area contributed by atoms with E-state index < -0.39 is 12.3 Å². The molecule has 0 saturated heterocycles. The summed E-state index contributed by atoms with van der Waals surface area (Å²) in [6.45, 7) is 2.07. The van der Waals surface area contributed by atoms with Gasteiger partial charge in [0.25, 0.3) is 0 Å². The van der Waals surface area contributed by atoms with Crippen molar-refractivity contribution in [3.63, 3.8) is 0 Å². The standard InChI is InChI=1S/C21H24O5/c1-3-4-10-21(25-17-8-6-5-7-9-17)26-20(23)14-12-16-11-13-18(22)19(15-16)24-2/h5-9,11-15,21-22H,3-4,10H2,1-2H3. The molecule has 1 N–H and O–H groups in total. The van der Waals surface area contributed by atoms with Gasteiger partial charge in [0.15, 0.2) is 11.5 Å². The Kier molecular flexibility index (Phi) is 7.55. The van der Waals surface area contributed by atoms with E-state index in [1.807, 2.05) is 30.3 Å². The number of rotatable bonds is 9. The lowest BCUT2D eigenvalue weighted by Gasteiger charge is -2.18. The predicted octanol–water partition coefficient (Wildman–Crippen LogP) is 4.55. The van der Waals surface area contributed by atoms with Gasteiger partial charge in [-0.3, -0.25) is 0 Å². The predicted molar refractivity (Wildman–Crippen MR) is 100 cm³/mol. The van der Waals surface area contributed by atoms with Gasteiger partial charge in [0, 0.05) is 12.5 Å². The van der Waals surface area contributed by atoms with Crippen LogP contribution in [0.4, 0.5) is 0 Å². The molecule has 0 radical (unpaired) electrons. The van der Waals surface area contributed by atoms with Gasteiger partial charge in [-0.15, -0.1) is 0 Å². The maximum Gasteiger partial charge on any atom is 0.333 e. The van der Waals surface area contributed by atoms with Crippen molar-refractivity contribution in [1.29, 1.82) is 0 Å². The zero-order chi connectivity index (χ0) is 18.8. The molecule has 0 aliphatic heterocycles. The highest BCUT2D eigenvalue weighted by Gasteiger charge is 2.14. The van der Waals surface area contributed by atoms with Crippen molar-refractivity contribution in [2.24, 2.45) is 0 Å². The van der Waals surface area contributed by atoms with Crippen LogP contribution >= 0.6 is 0 Å². The van der Waals surface area contributed by atoms with Crippen LogP contribution in [0, 0.1) is 0 Å². The van der Waals surface area contributed by atoms with Crippen LogP contribution in [0.2, 0.25) is 0 Å². The maximum atomic E-state index is 12.1. The van der Waals surface area contributed by atoms with Crippen LogP contribution < -0.4 is 9.47 Å². The quantitative estimate of drug-likeness (QED) is 0.405. The largest absolute Gasteiger partial charge is 0.504 e. The first-order chi connectivity index (χ1) is 12.6. The van der Waals surface area contributed by atoms with Crippen molar-refractivity contribution in [3.8, 4) is 17.2 Å². The van der Waals surface area contributed by atoms with E-state index in [9.17, 15) is 9.90 Å². The lowest BCUT2D eigenvalue weighted by atomic mass is 10.2. The van der Waals surface area contributed by atoms with Gasteiger partial charge in [-0.2, -0.15) is 0 Å². The SMILES string of the molecule is CCCCC(OC(=O)C=Cc1ccc(O)c(OC)c1)Oc1ccccc1. The zero-order valence-electron chi connectivity index (χ0n) is 15.1. The second kappa shape index (κ2) is 10.1. The first kappa shape index (κ1) is 19.4. The van der Waals surface area contributed by atoms with Crippen molar-refractivity contribution in [2.75, 3.05) is 7.11 Å². The number of carbonyl (C=O) groups is 1. The monoisotopic (exact) mass is 356 g/mol. The van der Waals surface area contributed by atoms with E-state index in [1.54, 1.807) is 18.2 Å². The molecule has 1 unspecified atom stereocenters. The van der Waals surface area contributed by atoms with Gasteiger partial charge in [-0.25, -0.2) is 4.79 Å². The minimum Gasteiger partial charge on any atom is -0.504 e. The van der Waals surface area contributed by atoms with Crippen molar-refractivity contribution in [3.05, 3.63) is 60.2 Å². The molecule has 5 heteroatoms. The van der Waals surface area contributed by atoms with E-state index >= 15 is 0 Å². The molecular weight excluding hydrogens is 332 g/mol. The molecule has 0 amide bonds. The number of unbranched alkanes of at least 4 members (excludes halogenated alkanes) is 1. The van der Waals surface area contributed by atoms with E-state index in [4.69, 9.17) is 14.2 Å². The number of phenolic OH excluding ortho intramolecular Hbond substituents is 1. The molecule has 2 aromatic carbocycles. The molecular formula is C21H24O5. The minimum absolute atomic E-state index is 0.0446. The van der Waals surface area contributed by atoms with Crippen molar-refractivity contribution in [2.45, 2.75) is 32.5 Å². The van der Waals surface area contributed by atoms with Crippen molar-refractivity contribution < 1.29 is 24.1 Å². The Hall–Kier alpha value is -2.95. The first-order valence-electron chi connectivity index (χ1n) is 8.59. The van der Waals surface area contributed by atoms with Crippen molar-refractivity contribution in [1.82, 2.24) is 0 Å². The molecule has 0 saturated carbocycles. The molecule has 0 aliphatic carbocycles. The fraction of sp³-hybridized carbons (Fsp3) is 0.286. The van der Waals surface area contributed by atoms with Gasteiger partial charge in [-0.1, -0.05) is 37.6 Å². The second-order valence-electron chi connectivity index (χ2n) is 5.70. The number of phenols is 1. The van der Waals surface area contributed by atoms with Gasteiger partial charge >= 0.3 is 5.97 Å². The third-order valence-electron chi connectivity index (χ3n) is 3.67. The third-order valence-corrected chi connectivity index (χ3v) is 3.67. The van der Waals surface area contributed by atoms with Crippen molar-refractivity contribution >= 4 is 12.0 Å². The summed E-state index contributed by atoms with van der Waals surface area (Å²) >= 11 is 0. The van der Waals surface area contributed by atoms with Gasteiger partial charge in [-0.05, 0) is 42.3 Å². The number of hydrogen-bond donors (Lipinski definition) is 1. The van der Waals surface area contributed by atoms with E-state index in [2.05, 4.69) is 6.92 Å². The summed E-state index contributed by atoms with van der Waals surface area (Å²) in [5, 5.41) is 9.60. The van der Waals surface area contributed by atoms with Crippen LogP contribution in [0.3, 0.4) is 0 Å². The Bertz CT molecular complexity index is 724. The van der Waals surface area contributed by atoms with Crippen LogP contribution in [0.5, 0.6) is 17.2 Å². The Morgan fingerprint density at radius 1 is 1.19 bits per heavy atom. The lowest BCUT2D eigenvalue weighted by Crippen LogP contribution is -2.23. The van der Waals surface area contributed by atoms with E-state index in [-0.39, 0.29) is 5.75 Å². The number of aromatic hydroxyl groups is 1. The highest BCUT2D eigenvalue weighted by molar-refractivity contribution is 5.87. The van der Waals surface area contributed by atoms with E-state index in [0.29, 0.717) is 23.5 Å². The fourth-order valence-electron chi connectivity index (χ4n) is 2.29. The van der Waals surface area contributed by atoms with Crippen LogP contribution in [-0.4, -0.2) is 24.5 Å². The van der Waals surface area contributed by atoms with Gasteiger partial charge < -0.3 is 19.3 Å². The molecule has 0 aliphatic rings. The average Bonchev–Trinajstić information content (AvgIpc) is 2.66. The molecule has 5 nitrogen and oxygen atoms in total. The second-order valence-corrected chi connectivity index (χ2v) is 5.70. The van der Waals surface area contributed by atoms with Gasteiger partial charge in [0.1, 0.15) is 5.75 Å². The number of carbonyl (C=O) groups excluding carboxylic acids is 1. The Labute approximate surface area is 153 Å². The third kappa shape index (κ3) is 6.16. The normalized spacial score (nSPS) is 11.9. The van der Waals surface area contributed by atoms with Crippen LogP contribution in [0.1, 0.15) is 31.7 Å². The molecule has 0 heterocycles. The van der Waals surface area contributed by atoms with Crippen LogP contribution in [-0.2, 0) is 9.53 Å². The Morgan fingerprint density at radius 2 is 1.96 bits per heavy atom. The molecule has 0 aromatic heterocycles. The highest BCUT2D eigenvalue weighted by Crippen LogP contribution is 2.26. The summed E-state index contributed by atoms with van der Waals surface area (Å²) in [7, 11) is 1.47.